The van der Waals surface area contributed by atoms with Gasteiger partial charge in [-0.15, -0.1) is 0 Å². The lowest BCUT2D eigenvalue weighted by molar-refractivity contribution is -0.136. The topological polar surface area (TPSA) is 238 Å². The number of piperidine rings is 1. The fourth-order valence-corrected chi connectivity index (χ4v) is 8.74. The number of carbonyl (C=O) groups excluding carboxylic acids is 5. The van der Waals surface area contributed by atoms with Gasteiger partial charge in [0.05, 0.1) is 35.7 Å². The Hall–Kier alpha value is -6.44. The number of aryl methyl sites for hydroxylation is 1. The Morgan fingerprint density at radius 1 is 0.919 bits per heavy atom. The highest BCUT2D eigenvalue weighted by Gasteiger charge is 2.44. The molecule has 326 valence electrons. The van der Waals surface area contributed by atoms with Gasteiger partial charge in [-0.1, -0.05) is 26.8 Å². The molecule has 7 rings (SSSR count). The molecule has 19 heteroatoms. The third-order valence-electron chi connectivity index (χ3n) is 10.9. The third kappa shape index (κ3) is 9.69. The van der Waals surface area contributed by atoms with E-state index in [2.05, 4.69) is 36.1 Å². The van der Waals surface area contributed by atoms with Gasteiger partial charge in [0.25, 0.3) is 11.8 Å². The Kier molecular flexibility index (Phi) is 12.6. The molecule has 0 bridgehead atoms. The van der Waals surface area contributed by atoms with Gasteiger partial charge in [-0.25, -0.2) is 18.5 Å². The molecule has 2 fully saturated rings. The maximum absolute atomic E-state index is 13.1. The van der Waals surface area contributed by atoms with Crippen LogP contribution < -0.4 is 31.3 Å². The molecule has 4 aromatic rings. The number of hydrogen-bond acceptors (Lipinski definition) is 14. The van der Waals surface area contributed by atoms with Crippen molar-refractivity contribution in [1.29, 1.82) is 0 Å². The molecule has 0 spiro atoms. The zero-order valence-corrected chi connectivity index (χ0v) is 35.8. The Bertz CT molecular complexity index is 2520. The average molecular weight is 867 g/mol. The smallest absolute Gasteiger partial charge is 0.262 e. The van der Waals surface area contributed by atoms with Crippen LogP contribution in [0.25, 0.3) is 0 Å². The summed E-state index contributed by atoms with van der Waals surface area (Å²) < 4.78 is 30.6. The standard InChI is InChI=1S/C43H50N10O8S/c1-26-25-46-42(50-38(26)48-32-6-5-7-34(62(44,59)60)37(32)43(2,3)4)47-27-8-11-29(12-9-27)51-18-20-52(21-19-51)36(55)16-22-61-23-17-45-28-10-13-30-31(24-28)41(58)53(40(30)57)33-14-15-35(54)49-39(33)56/h5-13,24-25,33,45H,14-23H2,1-4H3,(H2,44,59,60)(H,49,54,56)(H2,46,47,48,50). The van der Waals surface area contributed by atoms with Crippen LogP contribution in [0.3, 0.4) is 0 Å². The largest absolute Gasteiger partial charge is 0.383 e. The number of ether oxygens (including phenoxy) is 1. The van der Waals surface area contributed by atoms with E-state index in [1.807, 2.05) is 56.9 Å². The molecule has 4 heterocycles. The van der Waals surface area contributed by atoms with E-state index >= 15 is 0 Å². The number of nitrogens with zero attached hydrogens (tertiary/aromatic N) is 5. The number of sulfonamides is 1. The number of anilines is 6. The monoisotopic (exact) mass is 866 g/mol. The number of fused-ring (bicyclic) bond motifs is 1. The average Bonchev–Trinajstić information content (AvgIpc) is 3.47. The molecule has 1 atom stereocenters. The lowest BCUT2D eigenvalue weighted by atomic mass is 9.85. The van der Waals surface area contributed by atoms with Gasteiger partial charge in [0.2, 0.25) is 33.7 Å². The zero-order valence-electron chi connectivity index (χ0n) is 35.0. The van der Waals surface area contributed by atoms with E-state index in [1.54, 1.807) is 36.5 Å². The number of nitrogens with one attached hydrogen (secondary N) is 4. The predicted molar refractivity (Wildman–Crippen MR) is 232 cm³/mol. The summed E-state index contributed by atoms with van der Waals surface area (Å²) in [6, 6.07) is 16.6. The number of nitrogens with two attached hydrogens (primary N) is 1. The van der Waals surface area contributed by atoms with Crippen LogP contribution in [0, 0.1) is 6.92 Å². The first-order valence-electron chi connectivity index (χ1n) is 20.3. The minimum atomic E-state index is -3.97. The summed E-state index contributed by atoms with van der Waals surface area (Å²) >= 11 is 0. The highest BCUT2D eigenvalue weighted by Crippen LogP contribution is 2.37. The first-order chi connectivity index (χ1) is 29.5. The van der Waals surface area contributed by atoms with Crippen molar-refractivity contribution in [3.63, 3.8) is 0 Å². The molecule has 0 radical (unpaired) electrons. The van der Waals surface area contributed by atoms with Crippen LogP contribution in [0.1, 0.15) is 71.9 Å². The van der Waals surface area contributed by atoms with E-state index in [-0.39, 0.29) is 47.8 Å². The molecule has 18 nitrogen and oxygen atoms in total. The van der Waals surface area contributed by atoms with E-state index < -0.39 is 45.1 Å². The number of aromatic nitrogens is 2. The Morgan fingerprint density at radius 2 is 1.63 bits per heavy atom. The van der Waals surface area contributed by atoms with Crippen molar-refractivity contribution in [3.8, 4) is 0 Å². The van der Waals surface area contributed by atoms with Gasteiger partial charge in [0.15, 0.2) is 0 Å². The number of benzene rings is 3. The van der Waals surface area contributed by atoms with Crippen LogP contribution in [-0.2, 0) is 34.6 Å². The molecular formula is C43H50N10O8S. The van der Waals surface area contributed by atoms with E-state index in [9.17, 15) is 32.4 Å². The lowest BCUT2D eigenvalue weighted by Crippen LogP contribution is -2.54. The van der Waals surface area contributed by atoms with Gasteiger partial charge < -0.3 is 30.5 Å². The Balaban J connectivity index is 0.837. The molecule has 5 amide bonds. The molecule has 3 aliphatic rings. The summed E-state index contributed by atoms with van der Waals surface area (Å²) in [5.74, 6) is -1.33. The van der Waals surface area contributed by atoms with Crippen LogP contribution in [0.5, 0.6) is 0 Å². The van der Waals surface area contributed by atoms with E-state index in [0.717, 1.165) is 21.8 Å². The van der Waals surface area contributed by atoms with Crippen molar-refractivity contribution < 1.29 is 37.1 Å². The maximum Gasteiger partial charge on any atom is 0.262 e. The van der Waals surface area contributed by atoms with Crippen molar-refractivity contribution >= 4 is 74.1 Å². The van der Waals surface area contributed by atoms with Gasteiger partial charge in [0, 0.05) is 79.2 Å². The molecule has 3 aromatic carbocycles. The van der Waals surface area contributed by atoms with Crippen LogP contribution in [0.2, 0.25) is 0 Å². The summed E-state index contributed by atoms with van der Waals surface area (Å²) in [4.78, 5) is 77.0. The van der Waals surface area contributed by atoms with Gasteiger partial charge >= 0.3 is 0 Å². The number of amides is 5. The number of imide groups is 2. The van der Waals surface area contributed by atoms with Gasteiger partial charge in [0.1, 0.15) is 11.9 Å². The van der Waals surface area contributed by atoms with E-state index in [1.165, 1.54) is 6.07 Å². The van der Waals surface area contributed by atoms with E-state index in [0.29, 0.717) is 68.0 Å². The van der Waals surface area contributed by atoms with E-state index in [4.69, 9.17) is 9.88 Å². The molecule has 0 aliphatic carbocycles. The van der Waals surface area contributed by atoms with Crippen LogP contribution in [-0.4, -0.2) is 110 Å². The zero-order chi connectivity index (χ0) is 44.3. The first kappa shape index (κ1) is 43.6. The van der Waals surface area contributed by atoms with Gasteiger partial charge in [-0.05, 0) is 73.4 Å². The second kappa shape index (κ2) is 17.9. The maximum atomic E-state index is 13.1. The van der Waals surface area contributed by atoms with Crippen LogP contribution in [0.15, 0.2) is 71.8 Å². The number of rotatable bonds is 14. The lowest BCUT2D eigenvalue weighted by Gasteiger charge is -2.36. The van der Waals surface area contributed by atoms with Crippen molar-refractivity contribution in [2.24, 2.45) is 5.14 Å². The molecule has 62 heavy (non-hydrogen) atoms. The first-order valence-corrected chi connectivity index (χ1v) is 21.9. The number of piperazine rings is 1. The molecule has 2 saturated heterocycles. The predicted octanol–water partition coefficient (Wildman–Crippen LogP) is 3.79. The third-order valence-corrected chi connectivity index (χ3v) is 11.9. The van der Waals surface area contributed by atoms with Crippen LogP contribution in [0.4, 0.5) is 34.5 Å². The summed E-state index contributed by atoms with van der Waals surface area (Å²) in [7, 11) is -3.97. The second-order valence-electron chi connectivity index (χ2n) is 16.4. The minimum absolute atomic E-state index is 0.0123. The van der Waals surface area contributed by atoms with Gasteiger partial charge in [-0.3, -0.25) is 34.2 Å². The summed E-state index contributed by atoms with van der Waals surface area (Å²) in [6.07, 6.45) is 2.07. The summed E-state index contributed by atoms with van der Waals surface area (Å²) in [5.41, 5.74) is 4.16. The number of hydrogen-bond donors (Lipinski definition) is 5. The SMILES string of the molecule is Cc1cnc(Nc2ccc(N3CCN(C(=O)CCOCCNc4ccc5c(c4)C(=O)N(C4CCC(=O)NC4=O)C5=O)CC3)cc2)nc1Nc1cccc(S(N)(=O)=O)c1C(C)(C)C. The Labute approximate surface area is 359 Å². The molecule has 0 saturated carbocycles. The van der Waals surface area contributed by atoms with Gasteiger partial charge in [-0.2, -0.15) is 4.98 Å². The second-order valence-corrected chi connectivity index (χ2v) is 17.9. The Morgan fingerprint density at radius 3 is 2.32 bits per heavy atom. The highest BCUT2D eigenvalue weighted by molar-refractivity contribution is 7.89. The quantitative estimate of drug-likeness (QED) is 0.0896. The minimum Gasteiger partial charge on any atom is -0.383 e. The van der Waals surface area contributed by atoms with Crippen molar-refractivity contribution in [2.45, 2.75) is 63.3 Å². The molecular weight excluding hydrogens is 817 g/mol. The van der Waals surface area contributed by atoms with Crippen molar-refractivity contribution in [2.75, 3.05) is 66.8 Å². The normalized spacial score (nSPS) is 16.9. The molecule has 1 unspecified atom stereocenters. The fourth-order valence-electron chi connectivity index (χ4n) is 7.77. The fraction of sp³-hybridized carbons (Fsp3) is 0.372. The highest BCUT2D eigenvalue weighted by atomic mass is 32.2. The van der Waals surface area contributed by atoms with Crippen LogP contribution >= 0.6 is 0 Å². The van der Waals surface area contributed by atoms with Crippen molar-refractivity contribution in [3.05, 3.63) is 89.1 Å². The number of carbonyl (C=O) groups is 5. The van der Waals surface area contributed by atoms with Crippen molar-refractivity contribution in [1.82, 2.24) is 25.1 Å². The molecule has 1 aromatic heterocycles. The molecule has 6 N–H and O–H groups in total. The molecule has 3 aliphatic heterocycles. The summed E-state index contributed by atoms with van der Waals surface area (Å²) in [5, 5.41) is 17.5. The summed E-state index contributed by atoms with van der Waals surface area (Å²) in [6.45, 7) is 11.1. The number of primary sulfonamides is 1.